The normalized spacial score (nSPS) is 20.8. The minimum absolute atomic E-state index is 0.0530. The first-order chi connectivity index (χ1) is 14.2. The van der Waals surface area contributed by atoms with Crippen molar-refractivity contribution >= 4 is 5.91 Å². The van der Waals surface area contributed by atoms with Gasteiger partial charge in [-0.15, -0.1) is 0 Å². The van der Waals surface area contributed by atoms with E-state index < -0.39 is 5.41 Å². The van der Waals surface area contributed by atoms with E-state index in [4.69, 9.17) is 9.47 Å². The van der Waals surface area contributed by atoms with E-state index in [2.05, 4.69) is 11.1 Å². The summed E-state index contributed by atoms with van der Waals surface area (Å²) in [5, 5.41) is 9.81. The lowest BCUT2D eigenvalue weighted by atomic mass is 9.74. The molecule has 0 aliphatic carbocycles. The Morgan fingerprint density at radius 1 is 1.24 bits per heavy atom. The first kappa shape index (κ1) is 19.4. The second kappa shape index (κ2) is 8.62. The summed E-state index contributed by atoms with van der Waals surface area (Å²) in [5.41, 5.74) is 1.05. The fourth-order valence-electron chi connectivity index (χ4n) is 4.04. The average molecular weight is 391 g/mol. The number of piperidine rings is 1. The molecule has 1 aromatic heterocycles. The molecule has 1 aromatic carbocycles. The van der Waals surface area contributed by atoms with Gasteiger partial charge in [0.15, 0.2) is 0 Å². The van der Waals surface area contributed by atoms with Gasteiger partial charge in [-0.3, -0.25) is 4.79 Å². The summed E-state index contributed by atoms with van der Waals surface area (Å²) in [6, 6.07) is 15.9. The zero-order valence-electron chi connectivity index (χ0n) is 16.4. The van der Waals surface area contributed by atoms with Crippen molar-refractivity contribution in [3.63, 3.8) is 0 Å². The molecule has 0 N–H and O–H groups in total. The Hall–Kier alpha value is -2.91. The zero-order chi connectivity index (χ0) is 20.1. The van der Waals surface area contributed by atoms with Crippen LogP contribution in [0.5, 0.6) is 5.88 Å². The second-order valence-corrected chi connectivity index (χ2v) is 7.68. The lowest BCUT2D eigenvalue weighted by Crippen LogP contribution is -2.44. The van der Waals surface area contributed by atoms with Crippen molar-refractivity contribution in [2.45, 2.75) is 37.2 Å². The van der Waals surface area contributed by atoms with Crippen LogP contribution in [0.1, 0.15) is 41.6 Å². The Balaban J connectivity index is 1.35. The Morgan fingerprint density at radius 2 is 2.03 bits per heavy atom. The largest absolute Gasteiger partial charge is 0.475 e. The van der Waals surface area contributed by atoms with Crippen LogP contribution in [-0.4, -0.2) is 48.2 Å². The molecule has 4 rings (SSSR count). The Kier molecular flexibility index (Phi) is 5.77. The van der Waals surface area contributed by atoms with E-state index in [0.717, 1.165) is 25.0 Å². The van der Waals surface area contributed by atoms with Gasteiger partial charge >= 0.3 is 0 Å². The molecular weight excluding hydrogens is 366 g/mol. The van der Waals surface area contributed by atoms with E-state index in [1.165, 1.54) is 0 Å². The summed E-state index contributed by atoms with van der Waals surface area (Å²) in [7, 11) is 0. The molecular formula is C23H25N3O3. The van der Waals surface area contributed by atoms with Crippen LogP contribution in [0.25, 0.3) is 0 Å². The van der Waals surface area contributed by atoms with Crippen molar-refractivity contribution in [3.8, 4) is 11.9 Å². The molecule has 1 amide bonds. The zero-order valence-corrected chi connectivity index (χ0v) is 16.4. The summed E-state index contributed by atoms with van der Waals surface area (Å²) < 4.78 is 11.2. The third kappa shape index (κ3) is 4.25. The molecule has 150 valence electrons. The van der Waals surface area contributed by atoms with Crippen molar-refractivity contribution in [2.75, 3.05) is 26.3 Å². The van der Waals surface area contributed by atoms with E-state index in [9.17, 15) is 10.1 Å². The molecule has 0 bridgehead atoms. The molecule has 0 spiro atoms. The van der Waals surface area contributed by atoms with Gasteiger partial charge in [0, 0.05) is 32.0 Å². The van der Waals surface area contributed by atoms with Gasteiger partial charge in [-0.1, -0.05) is 30.3 Å². The Bertz CT molecular complexity index is 862. The highest BCUT2D eigenvalue weighted by Gasteiger charge is 2.37. The van der Waals surface area contributed by atoms with Gasteiger partial charge in [-0.05, 0) is 37.3 Å². The molecule has 3 heterocycles. The van der Waals surface area contributed by atoms with Crippen LogP contribution in [0.2, 0.25) is 0 Å². The number of amides is 1. The minimum Gasteiger partial charge on any atom is -0.475 e. The van der Waals surface area contributed by atoms with Crippen LogP contribution in [0.15, 0.2) is 48.7 Å². The smallest absolute Gasteiger partial charge is 0.255 e. The summed E-state index contributed by atoms with van der Waals surface area (Å²) >= 11 is 0. The van der Waals surface area contributed by atoms with Crippen LogP contribution >= 0.6 is 0 Å². The number of nitriles is 1. The maximum absolute atomic E-state index is 12.9. The average Bonchev–Trinajstić information content (AvgIpc) is 3.32. The van der Waals surface area contributed by atoms with Gasteiger partial charge < -0.3 is 14.4 Å². The van der Waals surface area contributed by atoms with Gasteiger partial charge in [0.1, 0.15) is 6.61 Å². The van der Waals surface area contributed by atoms with Gasteiger partial charge in [-0.2, -0.15) is 5.26 Å². The number of aromatic nitrogens is 1. The monoisotopic (exact) mass is 391 g/mol. The predicted octanol–water partition coefficient (Wildman–Crippen LogP) is 3.34. The molecule has 2 fully saturated rings. The summed E-state index contributed by atoms with van der Waals surface area (Å²) in [5.74, 6) is 0.450. The van der Waals surface area contributed by atoms with Crippen molar-refractivity contribution in [1.82, 2.24) is 9.88 Å². The molecule has 2 aliphatic heterocycles. The number of hydrogen-bond donors (Lipinski definition) is 0. The van der Waals surface area contributed by atoms with Gasteiger partial charge in [0.25, 0.3) is 5.91 Å². The maximum Gasteiger partial charge on any atom is 0.255 e. The first-order valence-corrected chi connectivity index (χ1v) is 10.2. The van der Waals surface area contributed by atoms with Crippen LogP contribution < -0.4 is 4.74 Å². The molecule has 0 radical (unpaired) electrons. The molecule has 6 heteroatoms. The standard InChI is InChI=1S/C23H25N3O3/c24-17-23(19-5-2-1-3-6-19)10-12-26(13-11-23)22(27)18-8-9-21(25-15-18)29-16-20-7-4-14-28-20/h1-3,5-6,8-9,15,20H,4,7,10-14,16H2. The number of nitrogens with zero attached hydrogens (tertiary/aromatic N) is 3. The van der Waals surface area contributed by atoms with Gasteiger partial charge in [-0.25, -0.2) is 4.98 Å². The number of likely N-dealkylation sites (tertiary alicyclic amines) is 1. The highest BCUT2D eigenvalue weighted by Crippen LogP contribution is 2.35. The molecule has 0 saturated carbocycles. The Labute approximate surface area is 171 Å². The van der Waals surface area contributed by atoms with E-state index in [1.807, 2.05) is 35.2 Å². The number of benzene rings is 1. The first-order valence-electron chi connectivity index (χ1n) is 10.2. The second-order valence-electron chi connectivity index (χ2n) is 7.68. The number of carbonyl (C=O) groups excluding carboxylic acids is 1. The lowest BCUT2D eigenvalue weighted by Gasteiger charge is -2.37. The van der Waals surface area contributed by atoms with Crippen molar-refractivity contribution < 1.29 is 14.3 Å². The summed E-state index contributed by atoms with van der Waals surface area (Å²) in [4.78, 5) is 18.9. The van der Waals surface area contributed by atoms with E-state index in [0.29, 0.717) is 44.0 Å². The van der Waals surface area contributed by atoms with Crippen LogP contribution in [0.3, 0.4) is 0 Å². The van der Waals surface area contributed by atoms with E-state index in [1.54, 1.807) is 18.3 Å². The predicted molar refractivity (Wildman–Crippen MR) is 108 cm³/mol. The Morgan fingerprint density at radius 3 is 2.66 bits per heavy atom. The molecule has 1 unspecified atom stereocenters. The van der Waals surface area contributed by atoms with Crippen LogP contribution in [0, 0.1) is 11.3 Å². The van der Waals surface area contributed by atoms with Crippen LogP contribution in [-0.2, 0) is 10.2 Å². The molecule has 6 nitrogen and oxygen atoms in total. The van der Waals surface area contributed by atoms with Crippen molar-refractivity contribution in [3.05, 3.63) is 59.8 Å². The molecule has 1 atom stereocenters. The highest BCUT2D eigenvalue weighted by atomic mass is 16.5. The van der Waals surface area contributed by atoms with Crippen molar-refractivity contribution in [2.24, 2.45) is 0 Å². The third-order valence-electron chi connectivity index (χ3n) is 5.87. The summed E-state index contributed by atoms with van der Waals surface area (Å²) in [6.45, 7) is 2.39. The molecule has 2 aliphatic rings. The number of hydrogen-bond acceptors (Lipinski definition) is 5. The molecule has 29 heavy (non-hydrogen) atoms. The fourth-order valence-corrected chi connectivity index (χ4v) is 4.04. The topological polar surface area (TPSA) is 75.5 Å². The number of pyridine rings is 1. The maximum atomic E-state index is 12.9. The van der Waals surface area contributed by atoms with Gasteiger partial charge in [0.2, 0.25) is 5.88 Å². The number of carbonyl (C=O) groups is 1. The van der Waals surface area contributed by atoms with E-state index in [-0.39, 0.29) is 12.0 Å². The quantitative estimate of drug-likeness (QED) is 0.781. The van der Waals surface area contributed by atoms with Crippen molar-refractivity contribution in [1.29, 1.82) is 5.26 Å². The molecule has 2 saturated heterocycles. The SMILES string of the molecule is N#CC1(c2ccccc2)CCN(C(=O)c2ccc(OCC3CCCO3)nc2)CC1. The highest BCUT2D eigenvalue weighted by molar-refractivity contribution is 5.94. The van der Waals surface area contributed by atoms with Gasteiger partial charge in [0.05, 0.1) is 23.2 Å². The number of ether oxygens (including phenoxy) is 2. The van der Waals surface area contributed by atoms with Crippen LogP contribution in [0.4, 0.5) is 0 Å². The molecule has 2 aromatic rings. The lowest BCUT2D eigenvalue weighted by molar-refractivity contribution is 0.0659. The minimum atomic E-state index is -0.518. The fraction of sp³-hybridized carbons (Fsp3) is 0.435. The summed E-state index contributed by atoms with van der Waals surface area (Å²) in [6.07, 6.45) is 5.05. The third-order valence-corrected chi connectivity index (χ3v) is 5.87. The number of rotatable bonds is 5. The van der Waals surface area contributed by atoms with E-state index >= 15 is 0 Å².